The molecule has 1 aliphatic rings. The zero-order chi connectivity index (χ0) is 12.3. The minimum Gasteiger partial charge on any atom is -0.313 e. The number of hydrogen-bond acceptors (Lipinski definition) is 3. The minimum atomic E-state index is -0.608. The number of piperidine rings is 1. The third-order valence-electron chi connectivity index (χ3n) is 3.31. The zero-order valence-corrected chi connectivity index (χ0v) is 11.8. The van der Waals surface area contributed by atoms with Crippen molar-refractivity contribution in [3.8, 4) is 6.07 Å². The molecule has 1 aliphatic heterocycles. The molecule has 1 unspecified atom stereocenters. The van der Waals surface area contributed by atoms with Gasteiger partial charge in [-0.25, -0.2) is 0 Å². The van der Waals surface area contributed by atoms with Gasteiger partial charge in [0.1, 0.15) is 5.54 Å². The van der Waals surface area contributed by atoms with Crippen molar-refractivity contribution in [3.05, 3.63) is 35.9 Å². The smallest absolute Gasteiger partial charge is 0.106 e. The summed E-state index contributed by atoms with van der Waals surface area (Å²) in [4.78, 5) is 2.39. The average Bonchev–Trinajstić information content (AvgIpc) is 2.40. The van der Waals surface area contributed by atoms with Crippen LogP contribution in [-0.4, -0.2) is 23.5 Å². The first kappa shape index (κ1) is 12.8. The maximum Gasteiger partial charge on any atom is 0.106 e. The molecule has 0 aliphatic carbocycles. The van der Waals surface area contributed by atoms with Crippen LogP contribution in [0.25, 0.3) is 0 Å². The molecule has 0 aromatic heterocycles. The van der Waals surface area contributed by atoms with Crippen LogP contribution < -0.4 is 5.73 Å². The summed E-state index contributed by atoms with van der Waals surface area (Å²) in [5.74, 6) is 0. The van der Waals surface area contributed by atoms with Crippen molar-refractivity contribution in [2.24, 2.45) is 5.73 Å². The molecule has 90 valence electrons. The third-order valence-corrected chi connectivity index (χ3v) is 4.82. The molecule has 1 aromatic rings. The molecule has 0 saturated carbocycles. The number of alkyl halides is 1. The van der Waals surface area contributed by atoms with E-state index in [9.17, 15) is 0 Å². The van der Waals surface area contributed by atoms with Gasteiger partial charge < -0.3 is 5.73 Å². The summed E-state index contributed by atoms with van der Waals surface area (Å²) in [6.45, 7) is 1.79. The Bertz CT molecular complexity index is 404. The van der Waals surface area contributed by atoms with Gasteiger partial charge in [0.15, 0.2) is 0 Å². The summed E-state index contributed by atoms with van der Waals surface area (Å²) >= 11 is 2.45. The van der Waals surface area contributed by atoms with Gasteiger partial charge in [-0.15, -0.1) is 0 Å². The van der Waals surface area contributed by atoms with Crippen molar-refractivity contribution in [1.29, 1.82) is 5.26 Å². The Labute approximate surface area is 116 Å². The minimum absolute atomic E-state index is 0.372. The van der Waals surface area contributed by atoms with E-state index < -0.39 is 5.54 Å². The first-order valence-corrected chi connectivity index (χ1v) is 7.02. The summed E-state index contributed by atoms with van der Waals surface area (Å²) in [5.41, 5.74) is 6.68. The highest BCUT2D eigenvalue weighted by atomic mass is 127. The summed E-state index contributed by atoms with van der Waals surface area (Å²) in [6.07, 6.45) is 1.52. The van der Waals surface area contributed by atoms with Crippen molar-refractivity contribution >= 4 is 22.6 Å². The monoisotopic (exact) mass is 341 g/mol. The van der Waals surface area contributed by atoms with Crippen LogP contribution in [0, 0.1) is 11.3 Å². The fraction of sp³-hybridized carbons (Fsp3) is 0.462. The Balaban J connectivity index is 2.00. The first-order chi connectivity index (χ1) is 8.14. The van der Waals surface area contributed by atoms with Crippen molar-refractivity contribution in [1.82, 2.24) is 4.90 Å². The predicted molar refractivity (Wildman–Crippen MR) is 76.5 cm³/mol. The SMILES string of the molecule is N#CC1(N)CCN(C(I)c2ccccc2)CC1. The molecule has 0 radical (unpaired) electrons. The molecule has 17 heavy (non-hydrogen) atoms. The van der Waals surface area contributed by atoms with Crippen molar-refractivity contribution < 1.29 is 0 Å². The number of nitriles is 1. The normalized spacial score (nSPS) is 21.7. The number of halogens is 1. The summed E-state index contributed by atoms with van der Waals surface area (Å²) in [7, 11) is 0. The summed E-state index contributed by atoms with van der Waals surface area (Å²) < 4.78 is 0.372. The highest BCUT2D eigenvalue weighted by Gasteiger charge is 2.32. The molecule has 2 N–H and O–H groups in total. The quantitative estimate of drug-likeness (QED) is 0.511. The van der Waals surface area contributed by atoms with Crippen LogP contribution in [0.15, 0.2) is 30.3 Å². The Hall–Kier alpha value is -0.640. The second-order valence-corrected chi connectivity index (χ2v) is 5.73. The molecule has 3 nitrogen and oxygen atoms in total. The zero-order valence-electron chi connectivity index (χ0n) is 9.64. The molecule has 4 heteroatoms. The lowest BCUT2D eigenvalue weighted by Crippen LogP contribution is -2.49. The second-order valence-electron chi connectivity index (χ2n) is 4.55. The van der Waals surface area contributed by atoms with Crippen molar-refractivity contribution in [2.75, 3.05) is 13.1 Å². The van der Waals surface area contributed by atoms with Crippen LogP contribution in [-0.2, 0) is 0 Å². The Morgan fingerprint density at radius 3 is 2.41 bits per heavy atom. The maximum absolute atomic E-state index is 9.00. The summed E-state index contributed by atoms with van der Waals surface area (Å²) in [6, 6.07) is 12.7. The van der Waals surface area contributed by atoms with Gasteiger partial charge >= 0.3 is 0 Å². The van der Waals surface area contributed by atoms with Crippen molar-refractivity contribution in [3.63, 3.8) is 0 Å². The molecular weight excluding hydrogens is 325 g/mol. The fourth-order valence-corrected chi connectivity index (χ4v) is 3.06. The number of benzene rings is 1. The highest BCUT2D eigenvalue weighted by Crippen LogP contribution is 2.31. The van der Waals surface area contributed by atoms with Gasteiger partial charge in [0.25, 0.3) is 0 Å². The largest absolute Gasteiger partial charge is 0.313 e. The van der Waals surface area contributed by atoms with E-state index in [1.165, 1.54) is 5.56 Å². The van der Waals surface area contributed by atoms with E-state index in [0.29, 0.717) is 4.05 Å². The fourth-order valence-electron chi connectivity index (χ4n) is 2.08. The molecule has 0 amide bonds. The van der Waals surface area contributed by atoms with Crippen LogP contribution in [0.4, 0.5) is 0 Å². The number of nitrogens with two attached hydrogens (primary N) is 1. The van der Waals surface area contributed by atoms with Gasteiger partial charge in [-0.05, 0) is 18.4 Å². The number of likely N-dealkylation sites (tertiary alicyclic amines) is 1. The Morgan fingerprint density at radius 1 is 1.29 bits per heavy atom. The molecule has 2 rings (SSSR count). The molecule has 1 fully saturated rings. The molecule has 1 saturated heterocycles. The molecule has 1 aromatic carbocycles. The van der Waals surface area contributed by atoms with E-state index in [4.69, 9.17) is 11.0 Å². The van der Waals surface area contributed by atoms with Crippen LogP contribution in [0.2, 0.25) is 0 Å². The van der Waals surface area contributed by atoms with Gasteiger partial charge in [-0.3, -0.25) is 4.90 Å². The van der Waals surface area contributed by atoms with Gasteiger partial charge in [0.2, 0.25) is 0 Å². The van der Waals surface area contributed by atoms with Crippen molar-refractivity contribution in [2.45, 2.75) is 22.4 Å². The van der Waals surface area contributed by atoms with Gasteiger partial charge in [0.05, 0.1) is 10.1 Å². The van der Waals surface area contributed by atoms with Crippen LogP contribution in [0.3, 0.4) is 0 Å². The van der Waals surface area contributed by atoms with E-state index >= 15 is 0 Å². The number of nitrogens with zero attached hydrogens (tertiary/aromatic N) is 2. The van der Waals surface area contributed by atoms with Crippen LogP contribution in [0.1, 0.15) is 22.5 Å². The van der Waals surface area contributed by atoms with E-state index in [0.717, 1.165) is 25.9 Å². The molecular formula is C13H16IN3. The first-order valence-electron chi connectivity index (χ1n) is 5.78. The lowest BCUT2D eigenvalue weighted by atomic mass is 9.90. The van der Waals surface area contributed by atoms with Gasteiger partial charge in [0, 0.05) is 13.1 Å². The van der Waals surface area contributed by atoms with Crippen LogP contribution >= 0.6 is 22.6 Å². The van der Waals surface area contributed by atoms with Crippen LogP contribution in [0.5, 0.6) is 0 Å². The molecule has 0 bridgehead atoms. The third kappa shape index (κ3) is 2.97. The molecule has 0 spiro atoms. The summed E-state index contributed by atoms with van der Waals surface area (Å²) in [5, 5.41) is 9.00. The Morgan fingerprint density at radius 2 is 1.88 bits per heavy atom. The van der Waals surface area contributed by atoms with Gasteiger partial charge in [-0.2, -0.15) is 5.26 Å². The molecule has 1 atom stereocenters. The average molecular weight is 341 g/mol. The number of hydrogen-bond donors (Lipinski definition) is 1. The molecule has 1 heterocycles. The van der Waals surface area contributed by atoms with E-state index in [-0.39, 0.29) is 0 Å². The maximum atomic E-state index is 9.00. The van der Waals surface area contributed by atoms with Gasteiger partial charge in [-0.1, -0.05) is 52.9 Å². The topological polar surface area (TPSA) is 53.1 Å². The van der Waals surface area contributed by atoms with E-state index in [1.54, 1.807) is 0 Å². The van der Waals surface area contributed by atoms with E-state index in [1.807, 2.05) is 6.07 Å². The van der Waals surface area contributed by atoms with E-state index in [2.05, 4.69) is 57.8 Å². The predicted octanol–water partition coefficient (Wildman–Crippen LogP) is 2.44. The lowest BCUT2D eigenvalue weighted by Gasteiger charge is -2.37. The second kappa shape index (κ2) is 5.34. The highest BCUT2D eigenvalue weighted by molar-refractivity contribution is 14.1. The standard InChI is InChI=1S/C13H16IN3/c14-12(11-4-2-1-3-5-11)17-8-6-13(16,10-15)7-9-17/h1-5,12H,6-9,16H2. The lowest BCUT2D eigenvalue weighted by molar-refractivity contribution is 0.183. The Kier molecular flexibility index (Phi) is 4.02. The number of rotatable bonds is 2.